The van der Waals surface area contributed by atoms with Crippen LogP contribution in [-0.4, -0.2) is 5.11 Å². The summed E-state index contributed by atoms with van der Waals surface area (Å²) in [7, 11) is 0. The average Bonchev–Trinajstić information content (AvgIpc) is 3.32. The lowest BCUT2D eigenvalue weighted by atomic mass is 9.93. The quantitative estimate of drug-likeness (QED) is 0.250. The molecule has 1 aliphatic carbocycles. The number of benzene rings is 3. The van der Waals surface area contributed by atoms with Crippen molar-refractivity contribution in [1.29, 1.82) is 0 Å². The number of rotatable bonds is 4. The lowest BCUT2D eigenvalue weighted by Gasteiger charge is -2.11. The number of halogens is 1. The van der Waals surface area contributed by atoms with Crippen LogP contribution >= 0.6 is 15.9 Å². The summed E-state index contributed by atoms with van der Waals surface area (Å²) in [5, 5.41) is 10.1. The van der Waals surface area contributed by atoms with Crippen molar-refractivity contribution in [3.05, 3.63) is 125 Å². The second kappa shape index (κ2) is 7.85. The summed E-state index contributed by atoms with van der Waals surface area (Å²) < 4.78 is 7.22. The van der Waals surface area contributed by atoms with Crippen molar-refractivity contribution in [2.24, 2.45) is 0 Å². The maximum absolute atomic E-state index is 9.06. The highest BCUT2D eigenvalue weighted by Gasteiger charge is 2.27. The lowest BCUT2D eigenvalue weighted by molar-refractivity contribution is 0.474. The van der Waals surface area contributed by atoms with Crippen LogP contribution in [0.4, 0.5) is 0 Å². The van der Waals surface area contributed by atoms with Gasteiger partial charge in [-0.15, -0.1) is 0 Å². The van der Waals surface area contributed by atoms with Crippen molar-refractivity contribution in [3.63, 3.8) is 0 Å². The number of aliphatic hydroxyl groups is 1. The second-order valence-corrected chi connectivity index (χ2v) is 8.18. The van der Waals surface area contributed by atoms with Crippen molar-refractivity contribution in [3.8, 4) is 11.1 Å². The smallest absolute Gasteiger partial charge is 0.135 e. The fourth-order valence-corrected chi connectivity index (χ4v) is 4.51. The molecule has 0 bridgehead atoms. The minimum atomic E-state index is 0.111. The molecule has 0 aliphatic heterocycles. The van der Waals surface area contributed by atoms with E-state index in [2.05, 4.69) is 76.6 Å². The lowest BCUT2D eigenvalue weighted by Crippen LogP contribution is -1.94. The van der Waals surface area contributed by atoms with Gasteiger partial charge in [-0.1, -0.05) is 82.7 Å². The molecule has 2 nitrogen and oxygen atoms in total. The van der Waals surface area contributed by atoms with Gasteiger partial charge >= 0.3 is 0 Å². The van der Waals surface area contributed by atoms with Crippen LogP contribution in [0.2, 0.25) is 0 Å². The van der Waals surface area contributed by atoms with Gasteiger partial charge in [0.1, 0.15) is 11.3 Å². The first-order chi connectivity index (χ1) is 14.7. The van der Waals surface area contributed by atoms with Gasteiger partial charge in [0.05, 0.1) is 6.26 Å². The molecule has 1 heterocycles. The average molecular weight is 455 g/mol. The van der Waals surface area contributed by atoms with Gasteiger partial charge in [-0.3, -0.25) is 0 Å². The molecule has 1 aromatic heterocycles. The summed E-state index contributed by atoms with van der Waals surface area (Å²) >= 11 is 3.63. The Morgan fingerprint density at radius 2 is 1.67 bits per heavy atom. The van der Waals surface area contributed by atoms with Crippen molar-refractivity contribution in [2.75, 3.05) is 0 Å². The van der Waals surface area contributed by atoms with Crippen LogP contribution in [0, 0.1) is 0 Å². The van der Waals surface area contributed by atoms with E-state index in [0.29, 0.717) is 0 Å². The SMILES string of the molecule is O\C=C/C=C\C(=C\C1c2ccccc2-c2ccc(Br)cc21)c1cc2ccccc2o1. The van der Waals surface area contributed by atoms with Crippen molar-refractivity contribution in [1.82, 2.24) is 0 Å². The molecule has 146 valence electrons. The van der Waals surface area contributed by atoms with Crippen LogP contribution in [0.15, 0.2) is 112 Å². The monoisotopic (exact) mass is 454 g/mol. The zero-order chi connectivity index (χ0) is 20.5. The van der Waals surface area contributed by atoms with Crippen LogP contribution < -0.4 is 0 Å². The summed E-state index contributed by atoms with van der Waals surface area (Å²) in [6, 6.07) is 25.1. The molecule has 3 heteroatoms. The Balaban J connectivity index is 1.69. The Morgan fingerprint density at radius 1 is 0.867 bits per heavy atom. The number of fused-ring (bicyclic) bond motifs is 4. The molecular formula is C27H19BrO2. The van der Waals surface area contributed by atoms with Crippen molar-refractivity contribution < 1.29 is 9.52 Å². The number of hydrogen-bond donors (Lipinski definition) is 1. The van der Waals surface area contributed by atoms with Crippen molar-refractivity contribution in [2.45, 2.75) is 5.92 Å². The molecule has 0 fully saturated rings. The molecule has 1 N–H and O–H groups in total. The van der Waals surface area contributed by atoms with E-state index in [-0.39, 0.29) is 5.92 Å². The number of para-hydroxylation sites is 1. The Labute approximate surface area is 183 Å². The molecule has 1 atom stereocenters. The molecule has 30 heavy (non-hydrogen) atoms. The molecule has 0 spiro atoms. The van der Waals surface area contributed by atoms with E-state index in [1.165, 1.54) is 22.3 Å². The van der Waals surface area contributed by atoms with Crippen molar-refractivity contribution >= 4 is 32.5 Å². The summed E-state index contributed by atoms with van der Waals surface area (Å²) in [6.45, 7) is 0. The molecule has 1 unspecified atom stereocenters. The molecular weight excluding hydrogens is 436 g/mol. The molecule has 0 amide bonds. The Bertz CT molecular complexity index is 1290. The molecule has 0 saturated heterocycles. The van der Waals surface area contributed by atoms with Gasteiger partial charge in [0.15, 0.2) is 0 Å². The summed E-state index contributed by atoms with van der Waals surface area (Å²) in [4.78, 5) is 0. The standard InChI is InChI=1S/C27H19BrO2/c28-20-12-13-23-21-9-2-3-10-22(21)24(25(23)17-20)15-18(8-5-6-14-29)27-16-19-7-1-4-11-26(19)30-27/h1-17,24,29H/b8-5-,14-6-,18-15-. The van der Waals surface area contributed by atoms with Gasteiger partial charge in [-0.05, 0) is 52.6 Å². The first-order valence-electron chi connectivity index (χ1n) is 9.81. The third-order valence-electron chi connectivity index (χ3n) is 5.46. The fraction of sp³-hybridized carbons (Fsp3) is 0.0370. The third kappa shape index (κ3) is 3.31. The number of furan rings is 1. The molecule has 0 saturated carbocycles. The van der Waals surface area contributed by atoms with E-state index in [1.54, 1.807) is 6.08 Å². The van der Waals surface area contributed by atoms with Crippen LogP contribution in [0.1, 0.15) is 22.8 Å². The van der Waals surface area contributed by atoms with Gasteiger partial charge in [0, 0.05) is 21.3 Å². The highest BCUT2D eigenvalue weighted by Crippen LogP contribution is 2.47. The van der Waals surface area contributed by atoms with Crippen LogP contribution in [-0.2, 0) is 0 Å². The van der Waals surface area contributed by atoms with Gasteiger partial charge in [0.2, 0.25) is 0 Å². The van der Waals surface area contributed by atoms with E-state index in [1.807, 2.05) is 30.4 Å². The fourth-order valence-electron chi connectivity index (χ4n) is 4.13. The highest BCUT2D eigenvalue weighted by atomic mass is 79.9. The molecule has 4 aromatic rings. The maximum Gasteiger partial charge on any atom is 0.135 e. The highest BCUT2D eigenvalue weighted by molar-refractivity contribution is 9.10. The molecule has 0 radical (unpaired) electrons. The predicted octanol–water partition coefficient (Wildman–Crippen LogP) is 8.02. The number of aliphatic hydroxyl groups excluding tert-OH is 1. The first-order valence-corrected chi connectivity index (χ1v) is 10.6. The van der Waals surface area contributed by atoms with E-state index >= 15 is 0 Å². The normalized spacial score (nSPS) is 15.9. The van der Waals surface area contributed by atoms with Gasteiger partial charge in [-0.2, -0.15) is 0 Å². The van der Waals surface area contributed by atoms with Gasteiger partial charge in [-0.25, -0.2) is 0 Å². The maximum atomic E-state index is 9.06. The third-order valence-corrected chi connectivity index (χ3v) is 5.96. The number of allylic oxidation sites excluding steroid dienone is 5. The van der Waals surface area contributed by atoms with Gasteiger partial charge < -0.3 is 9.52 Å². The second-order valence-electron chi connectivity index (χ2n) is 7.27. The zero-order valence-electron chi connectivity index (χ0n) is 16.1. The van der Waals surface area contributed by atoms with Crippen LogP contribution in [0.25, 0.3) is 27.7 Å². The Kier molecular flexibility index (Phi) is 4.89. The van der Waals surface area contributed by atoms with E-state index in [0.717, 1.165) is 33.0 Å². The zero-order valence-corrected chi connectivity index (χ0v) is 17.7. The topological polar surface area (TPSA) is 33.4 Å². The van der Waals surface area contributed by atoms with E-state index < -0.39 is 0 Å². The first kappa shape index (κ1) is 18.7. The number of hydrogen-bond acceptors (Lipinski definition) is 2. The largest absolute Gasteiger partial charge is 0.516 e. The molecule has 5 rings (SSSR count). The molecule has 1 aliphatic rings. The van der Waals surface area contributed by atoms with Crippen LogP contribution in [0.5, 0.6) is 0 Å². The summed E-state index contributed by atoms with van der Waals surface area (Å²) in [5.74, 6) is 0.916. The molecule has 3 aromatic carbocycles. The summed E-state index contributed by atoms with van der Waals surface area (Å²) in [5.41, 5.74) is 6.91. The minimum absolute atomic E-state index is 0.111. The van der Waals surface area contributed by atoms with Crippen LogP contribution in [0.3, 0.4) is 0 Å². The van der Waals surface area contributed by atoms with Gasteiger partial charge in [0.25, 0.3) is 0 Å². The minimum Gasteiger partial charge on any atom is -0.516 e. The van der Waals surface area contributed by atoms with E-state index in [4.69, 9.17) is 9.52 Å². The Hall–Kier alpha value is -3.30. The predicted molar refractivity (Wildman–Crippen MR) is 127 cm³/mol. The van der Waals surface area contributed by atoms with E-state index in [9.17, 15) is 0 Å². The Morgan fingerprint density at radius 3 is 2.53 bits per heavy atom. The summed E-state index contributed by atoms with van der Waals surface area (Å²) in [6.07, 6.45) is 8.68.